The van der Waals surface area contributed by atoms with Gasteiger partial charge in [0, 0.05) is 27.3 Å². The monoisotopic (exact) mass is 664 g/mol. The van der Waals surface area contributed by atoms with Gasteiger partial charge in [-0.15, -0.1) is 0 Å². The fourth-order valence-electron chi connectivity index (χ4n) is 4.92. The number of aromatic hydroxyl groups is 1. The number of hydrogen-bond acceptors (Lipinski definition) is 4. The van der Waals surface area contributed by atoms with E-state index in [2.05, 4.69) is 115 Å². The third-order valence-electron chi connectivity index (χ3n) is 6.23. The van der Waals surface area contributed by atoms with Crippen LogP contribution in [0.4, 0.5) is 0 Å². The number of phenols is 1. The summed E-state index contributed by atoms with van der Waals surface area (Å²) < 4.78 is 6.38. The summed E-state index contributed by atoms with van der Waals surface area (Å²) in [7, 11) is 0. The predicted molar refractivity (Wildman–Crippen MR) is 189 cm³/mol. The summed E-state index contributed by atoms with van der Waals surface area (Å²) in [4.78, 5) is 2.20. The van der Waals surface area contributed by atoms with Crippen molar-refractivity contribution in [2.24, 2.45) is 5.92 Å². The zero-order valence-electron chi connectivity index (χ0n) is 27.5. The van der Waals surface area contributed by atoms with Crippen LogP contribution < -0.4 is 4.74 Å². The average Bonchev–Trinajstić information content (AvgIpc) is 2.91. The number of benzene rings is 4. The van der Waals surface area contributed by atoms with Crippen molar-refractivity contribution in [3.63, 3.8) is 0 Å². The zero-order valence-corrected chi connectivity index (χ0v) is 29.9. The van der Waals surface area contributed by atoms with Gasteiger partial charge >= 0.3 is 0 Å². The number of rotatable bonds is 6. The molecule has 4 aromatic rings. The summed E-state index contributed by atoms with van der Waals surface area (Å²) in [5.74, 6) is 2.82. The molecule has 0 heterocycles. The van der Waals surface area contributed by atoms with Crippen molar-refractivity contribution >= 4 is 27.7 Å². The molecule has 0 aromatic heterocycles. The first-order chi connectivity index (χ1) is 20.2. The first kappa shape index (κ1) is 36.5. The Labute approximate surface area is 272 Å². The molecule has 43 heavy (non-hydrogen) atoms. The minimum Gasteiger partial charge on any atom is -0.508 e. The standard InChI is InChI=1S/C32H33BrO2S.C4H10.C2H6O/c1-20-15-23(16-21(2)30(20)32(4,5)6)24-17-22(3)31(25(18-24)19-33)35-27-9-13-29(14-10-27)36-28-11-7-26(34)8-12-28;1-4(2)3;1-2-3/h7-18,34H,19H2,1-6H3;4H,1-3H3;3H,2H2,1H3. The number of aliphatic hydroxyl groups excluding tert-OH is 1. The minimum absolute atomic E-state index is 0.124. The normalized spacial score (nSPS) is 10.9. The topological polar surface area (TPSA) is 49.7 Å². The molecule has 0 spiro atoms. The Morgan fingerprint density at radius 3 is 1.63 bits per heavy atom. The van der Waals surface area contributed by atoms with E-state index < -0.39 is 0 Å². The van der Waals surface area contributed by atoms with E-state index in [9.17, 15) is 5.11 Å². The highest BCUT2D eigenvalue weighted by molar-refractivity contribution is 9.08. The van der Waals surface area contributed by atoms with Crippen molar-refractivity contribution in [3.05, 3.63) is 101 Å². The third kappa shape index (κ3) is 11.4. The molecule has 0 aliphatic rings. The van der Waals surface area contributed by atoms with E-state index in [-0.39, 0.29) is 17.8 Å². The Balaban J connectivity index is 0.000000836. The van der Waals surface area contributed by atoms with Crippen LogP contribution in [0.15, 0.2) is 82.6 Å². The molecule has 0 saturated carbocycles. The van der Waals surface area contributed by atoms with Crippen molar-refractivity contribution < 1.29 is 14.9 Å². The van der Waals surface area contributed by atoms with Crippen LogP contribution in [0.2, 0.25) is 0 Å². The lowest BCUT2D eigenvalue weighted by Crippen LogP contribution is -2.15. The molecule has 4 aromatic carbocycles. The molecule has 0 radical (unpaired) electrons. The van der Waals surface area contributed by atoms with Crippen molar-refractivity contribution in [2.45, 2.75) is 89.8 Å². The lowest BCUT2D eigenvalue weighted by atomic mass is 9.80. The van der Waals surface area contributed by atoms with Gasteiger partial charge in [-0.25, -0.2) is 0 Å². The number of ether oxygens (including phenoxy) is 1. The molecule has 3 nitrogen and oxygen atoms in total. The molecular weight excluding hydrogens is 616 g/mol. The van der Waals surface area contributed by atoms with Crippen molar-refractivity contribution in [1.29, 1.82) is 0 Å². The maximum absolute atomic E-state index is 9.48. The first-order valence-corrected chi connectivity index (χ1v) is 16.8. The molecule has 0 saturated heterocycles. The third-order valence-corrected chi connectivity index (χ3v) is 7.85. The summed E-state index contributed by atoms with van der Waals surface area (Å²) in [6.07, 6.45) is 0. The Morgan fingerprint density at radius 1 is 0.767 bits per heavy atom. The van der Waals surface area contributed by atoms with Crippen molar-refractivity contribution in [1.82, 2.24) is 0 Å². The highest BCUT2D eigenvalue weighted by atomic mass is 79.9. The molecule has 0 aliphatic heterocycles. The Kier molecular flexibility index (Phi) is 14.4. The molecule has 0 amide bonds. The van der Waals surface area contributed by atoms with Crippen LogP contribution in [-0.4, -0.2) is 16.8 Å². The van der Waals surface area contributed by atoms with Crippen LogP contribution in [0, 0.1) is 26.7 Å². The van der Waals surface area contributed by atoms with E-state index in [0.717, 1.165) is 38.3 Å². The SMILES string of the molecule is CC(C)C.CCO.Cc1cc(-c2cc(C)c(C(C)(C)C)c(C)c2)cc(CBr)c1Oc1ccc(Sc2ccc(O)cc2)cc1. The highest BCUT2D eigenvalue weighted by Gasteiger charge is 2.20. The maximum atomic E-state index is 9.48. The van der Waals surface area contributed by atoms with Gasteiger partial charge < -0.3 is 14.9 Å². The van der Waals surface area contributed by atoms with Crippen LogP contribution in [0.25, 0.3) is 11.1 Å². The summed E-state index contributed by atoms with van der Waals surface area (Å²) in [5.41, 5.74) is 8.91. The van der Waals surface area contributed by atoms with E-state index in [1.807, 2.05) is 24.3 Å². The molecule has 0 bridgehead atoms. The van der Waals surface area contributed by atoms with Crippen LogP contribution in [-0.2, 0) is 10.7 Å². The van der Waals surface area contributed by atoms with Gasteiger partial charge in [-0.2, -0.15) is 0 Å². The molecule has 0 aliphatic carbocycles. The van der Waals surface area contributed by atoms with Crippen LogP contribution >= 0.6 is 27.7 Å². The zero-order chi connectivity index (χ0) is 32.3. The van der Waals surface area contributed by atoms with Gasteiger partial charge in [0.25, 0.3) is 0 Å². The fraction of sp³-hybridized carbons (Fsp3) is 0.368. The second-order valence-corrected chi connectivity index (χ2v) is 14.1. The number of halogens is 1. The van der Waals surface area contributed by atoms with E-state index in [1.165, 1.54) is 27.8 Å². The molecule has 0 atom stereocenters. The minimum atomic E-state index is 0.124. The molecule has 5 heteroatoms. The van der Waals surface area contributed by atoms with Crippen LogP contribution in [0.5, 0.6) is 17.2 Å². The lowest BCUT2D eigenvalue weighted by Gasteiger charge is -2.25. The van der Waals surface area contributed by atoms with Gasteiger partial charge in [-0.1, -0.05) is 81.4 Å². The van der Waals surface area contributed by atoms with E-state index in [1.54, 1.807) is 30.8 Å². The number of phenolic OH excluding ortho intramolecular Hbond substituents is 1. The van der Waals surface area contributed by atoms with Gasteiger partial charge in [-0.3, -0.25) is 0 Å². The molecule has 232 valence electrons. The summed E-state index contributed by atoms with van der Waals surface area (Å²) in [5, 5.41) is 17.8. The Hall–Kier alpha value is -2.73. The summed E-state index contributed by atoms with van der Waals surface area (Å²) in [6.45, 7) is 21.8. The number of hydrogen-bond donors (Lipinski definition) is 2. The number of aryl methyl sites for hydroxylation is 3. The molecule has 2 N–H and O–H groups in total. The average molecular weight is 666 g/mol. The van der Waals surface area contributed by atoms with Gasteiger partial charge in [0.1, 0.15) is 17.2 Å². The second kappa shape index (κ2) is 16.9. The van der Waals surface area contributed by atoms with Gasteiger partial charge in [-0.05, 0) is 133 Å². The maximum Gasteiger partial charge on any atom is 0.134 e. The van der Waals surface area contributed by atoms with Crippen molar-refractivity contribution in [3.8, 4) is 28.4 Å². The Bertz CT molecular complexity index is 1410. The van der Waals surface area contributed by atoms with Gasteiger partial charge in [0.05, 0.1) is 0 Å². The van der Waals surface area contributed by atoms with Gasteiger partial charge in [0.15, 0.2) is 0 Å². The second-order valence-electron chi connectivity index (χ2n) is 12.4. The summed E-state index contributed by atoms with van der Waals surface area (Å²) >= 11 is 5.33. The van der Waals surface area contributed by atoms with Gasteiger partial charge in [0.2, 0.25) is 0 Å². The Morgan fingerprint density at radius 2 is 1.19 bits per heavy atom. The van der Waals surface area contributed by atoms with E-state index in [4.69, 9.17) is 9.84 Å². The molecular formula is C38H49BrO3S. The number of alkyl halides is 1. The van der Waals surface area contributed by atoms with E-state index >= 15 is 0 Å². The lowest BCUT2D eigenvalue weighted by molar-refractivity contribution is 0.318. The summed E-state index contributed by atoms with van der Waals surface area (Å²) in [6, 6.07) is 24.5. The quantitative estimate of drug-likeness (QED) is 0.201. The number of aliphatic hydroxyl groups is 1. The molecule has 0 fully saturated rings. The predicted octanol–water partition coefficient (Wildman–Crippen LogP) is 11.8. The fourth-order valence-corrected chi connectivity index (χ4v) is 6.15. The smallest absolute Gasteiger partial charge is 0.134 e. The first-order valence-electron chi connectivity index (χ1n) is 14.9. The molecule has 4 rings (SSSR count). The van der Waals surface area contributed by atoms with Crippen molar-refractivity contribution in [2.75, 3.05) is 6.61 Å². The largest absolute Gasteiger partial charge is 0.508 e. The van der Waals surface area contributed by atoms with Crippen LogP contribution in [0.1, 0.15) is 76.3 Å². The molecule has 0 unspecified atom stereocenters. The highest BCUT2D eigenvalue weighted by Crippen LogP contribution is 2.38. The van der Waals surface area contributed by atoms with E-state index in [0.29, 0.717) is 5.33 Å². The van der Waals surface area contributed by atoms with Crippen LogP contribution in [0.3, 0.4) is 0 Å².